The van der Waals surface area contributed by atoms with Crippen molar-refractivity contribution < 1.29 is 4.79 Å². The summed E-state index contributed by atoms with van der Waals surface area (Å²) >= 11 is 5.87. The third kappa shape index (κ3) is 3.56. The summed E-state index contributed by atoms with van der Waals surface area (Å²) in [7, 11) is 0. The predicted octanol–water partition coefficient (Wildman–Crippen LogP) is 3.53. The summed E-state index contributed by atoms with van der Waals surface area (Å²) in [6, 6.07) is 8.02. The van der Waals surface area contributed by atoms with E-state index in [9.17, 15) is 4.79 Å². The smallest absolute Gasteiger partial charge is 0.135 e. The van der Waals surface area contributed by atoms with Crippen LogP contribution < -0.4 is 0 Å². The number of carbonyl (C=O) groups is 1. The molecule has 0 atom stereocenters. The zero-order chi connectivity index (χ0) is 13.0. The lowest BCUT2D eigenvalue weighted by Crippen LogP contribution is -2.35. The Morgan fingerprint density at radius 2 is 1.89 bits per heavy atom. The Labute approximate surface area is 114 Å². The highest BCUT2D eigenvalue weighted by Crippen LogP contribution is 2.21. The Hall–Kier alpha value is -0.860. The second-order valence-corrected chi connectivity index (χ2v) is 5.43. The Kier molecular flexibility index (Phi) is 4.79. The molecule has 0 saturated carbocycles. The molecule has 3 heteroatoms. The molecule has 2 rings (SSSR count). The molecule has 0 N–H and O–H groups in total. The number of carbonyl (C=O) groups excluding carboxylic acids is 1. The third-order valence-electron chi connectivity index (χ3n) is 3.71. The zero-order valence-corrected chi connectivity index (χ0v) is 11.6. The number of nitrogens with zero attached hydrogens (tertiary/aromatic N) is 1. The SMILES string of the molecule is CCC(=O)C1CCN(Cc2ccc(Cl)cc2)CC1. The van der Waals surface area contributed by atoms with Crippen LogP contribution in [-0.4, -0.2) is 23.8 Å². The lowest BCUT2D eigenvalue weighted by atomic mass is 9.91. The number of halogens is 1. The summed E-state index contributed by atoms with van der Waals surface area (Å²) in [4.78, 5) is 14.1. The molecule has 1 aliphatic rings. The van der Waals surface area contributed by atoms with E-state index in [1.165, 1.54) is 5.56 Å². The molecule has 0 bridgehead atoms. The molecule has 1 aromatic rings. The molecule has 0 unspecified atom stereocenters. The Bertz CT molecular complexity index is 393. The lowest BCUT2D eigenvalue weighted by Gasteiger charge is -2.31. The van der Waals surface area contributed by atoms with Gasteiger partial charge in [0.1, 0.15) is 5.78 Å². The summed E-state index contributed by atoms with van der Waals surface area (Å²) in [6.45, 7) is 4.98. The largest absolute Gasteiger partial charge is 0.299 e. The highest BCUT2D eigenvalue weighted by atomic mass is 35.5. The lowest BCUT2D eigenvalue weighted by molar-refractivity contribution is -0.124. The quantitative estimate of drug-likeness (QED) is 0.830. The molecule has 1 fully saturated rings. The average Bonchev–Trinajstić information content (AvgIpc) is 2.41. The molecule has 0 aliphatic carbocycles. The molecule has 0 spiro atoms. The van der Waals surface area contributed by atoms with Crippen molar-refractivity contribution >= 4 is 17.4 Å². The van der Waals surface area contributed by atoms with Gasteiger partial charge >= 0.3 is 0 Å². The number of likely N-dealkylation sites (tertiary alicyclic amines) is 1. The van der Waals surface area contributed by atoms with E-state index in [1.807, 2.05) is 19.1 Å². The van der Waals surface area contributed by atoms with Crippen molar-refractivity contribution in [2.75, 3.05) is 13.1 Å². The maximum Gasteiger partial charge on any atom is 0.135 e. The van der Waals surface area contributed by atoms with Crippen LogP contribution in [0.2, 0.25) is 5.02 Å². The standard InChI is InChI=1S/C15H20ClNO/c1-2-15(18)13-7-9-17(10-8-13)11-12-3-5-14(16)6-4-12/h3-6,13H,2,7-11H2,1H3. The van der Waals surface area contributed by atoms with E-state index in [4.69, 9.17) is 11.6 Å². The summed E-state index contributed by atoms with van der Waals surface area (Å²) in [6.07, 6.45) is 2.71. The van der Waals surface area contributed by atoms with Crippen molar-refractivity contribution in [2.24, 2.45) is 5.92 Å². The van der Waals surface area contributed by atoms with Gasteiger partial charge in [-0.3, -0.25) is 9.69 Å². The van der Waals surface area contributed by atoms with Crippen molar-refractivity contribution in [1.29, 1.82) is 0 Å². The van der Waals surface area contributed by atoms with Crippen LogP contribution in [0.5, 0.6) is 0 Å². The Morgan fingerprint density at radius 3 is 2.44 bits per heavy atom. The van der Waals surface area contributed by atoms with Crippen LogP contribution in [0.1, 0.15) is 31.7 Å². The number of rotatable bonds is 4. The second kappa shape index (κ2) is 6.35. The van der Waals surface area contributed by atoms with E-state index in [0.29, 0.717) is 18.1 Å². The maximum absolute atomic E-state index is 11.6. The molecule has 98 valence electrons. The summed E-state index contributed by atoms with van der Waals surface area (Å²) in [5, 5.41) is 0.783. The number of piperidine rings is 1. The van der Waals surface area contributed by atoms with Crippen LogP contribution in [0.15, 0.2) is 24.3 Å². The molecular formula is C15H20ClNO. The highest BCUT2D eigenvalue weighted by molar-refractivity contribution is 6.30. The van der Waals surface area contributed by atoms with Gasteiger partial charge < -0.3 is 0 Å². The first kappa shape index (κ1) is 13.6. The van der Waals surface area contributed by atoms with Crippen LogP contribution in [0.4, 0.5) is 0 Å². The summed E-state index contributed by atoms with van der Waals surface area (Å²) in [5.41, 5.74) is 1.29. The highest BCUT2D eigenvalue weighted by Gasteiger charge is 2.23. The molecule has 1 heterocycles. The van der Waals surface area contributed by atoms with Crippen molar-refractivity contribution in [2.45, 2.75) is 32.7 Å². The van der Waals surface area contributed by atoms with Gasteiger partial charge in [0.25, 0.3) is 0 Å². The summed E-state index contributed by atoms with van der Waals surface area (Å²) in [5.74, 6) is 0.734. The zero-order valence-electron chi connectivity index (χ0n) is 10.9. The van der Waals surface area contributed by atoms with Gasteiger partial charge in [0, 0.05) is 23.9 Å². The van der Waals surface area contributed by atoms with Gasteiger partial charge in [-0.2, -0.15) is 0 Å². The van der Waals surface area contributed by atoms with Crippen molar-refractivity contribution in [3.05, 3.63) is 34.9 Å². The van der Waals surface area contributed by atoms with E-state index < -0.39 is 0 Å². The van der Waals surface area contributed by atoms with Crippen molar-refractivity contribution in [3.63, 3.8) is 0 Å². The Morgan fingerprint density at radius 1 is 1.28 bits per heavy atom. The average molecular weight is 266 g/mol. The third-order valence-corrected chi connectivity index (χ3v) is 3.96. The fourth-order valence-corrected chi connectivity index (χ4v) is 2.68. The molecule has 0 amide bonds. The van der Waals surface area contributed by atoms with E-state index in [0.717, 1.165) is 37.5 Å². The van der Waals surface area contributed by atoms with Gasteiger partial charge in [0.05, 0.1) is 0 Å². The van der Waals surface area contributed by atoms with Crippen LogP contribution in [0.3, 0.4) is 0 Å². The first-order valence-electron chi connectivity index (χ1n) is 6.68. The van der Waals surface area contributed by atoms with Gasteiger partial charge in [-0.05, 0) is 43.6 Å². The molecule has 18 heavy (non-hydrogen) atoms. The molecule has 1 saturated heterocycles. The minimum atomic E-state index is 0.302. The normalized spacial score (nSPS) is 17.9. The van der Waals surface area contributed by atoms with Gasteiger partial charge in [-0.15, -0.1) is 0 Å². The van der Waals surface area contributed by atoms with E-state index >= 15 is 0 Å². The summed E-state index contributed by atoms with van der Waals surface area (Å²) < 4.78 is 0. The van der Waals surface area contributed by atoms with Gasteiger partial charge in [-0.25, -0.2) is 0 Å². The van der Waals surface area contributed by atoms with Gasteiger partial charge in [0.2, 0.25) is 0 Å². The second-order valence-electron chi connectivity index (χ2n) is 5.00. The van der Waals surface area contributed by atoms with E-state index in [-0.39, 0.29) is 0 Å². The minimum Gasteiger partial charge on any atom is -0.299 e. The number of Topliss-reactive ketones (excluding diaryl/α,β-unsaturated/α-hetero) is 1. The number of benzene rings is 1. The molecule has 0 aromatic heterocycles. The topological polar surface area (TPSA) is 20.3 Å². The van der Waals surface area contributed by atoms with Gasteiger partial charge in [-0.1, -0.05) is 30.7 Å². The molecule has 0 radical (unpaired) electrons. The van der Waals surface area contributed by atoms with E-state index in [1.54, 1.807) is 0 Å². The van der Waals surface area contributed by atoms with E-state index in [2.05, 4.69) is 17.0 Å². The monoisotopic (exact) mass is 265 g/mol. The molecule has 1 aliphatic heterocycles. The number of hydrogen-bond donors (Lipinski definition) is 0. The molecule has 2 nitrogen and oxygen atoms in total. The number of hydrogen-bond acceptors (Lipinski definition) is 2. The molecular weight excluding hydrogens is 246 g/mol. The van der Waals surface area contributed by atoms with Crippen LogP contribution in [0, 0.1) is 5.92 Å². The van der Waals surface area contributed by atoms with Crippen LogP contribution in [0.25, 0.3) is 0 Å². The van der Waals surface area contributed by atoms with Gasteiger partial charge in [0.15, 0.2) is 0 Å². The predicted molar refractivity (Wildman–Crippen MR) is 74.8 cm³/mol. The minimum absolute atomic E-state index is 0.302. The maximum atomic E-state index is 11.6. The molecule has 1 aromatic carbocycles. The van der Waals surface area contributed by atoms with Crippen molar-refractivity contribution in [1.82, 2.24) is 4.90 Å². The first-order chi connectivity index (χ1) is 8.69. The van der Waals surface area contributed by atoms with Crippen molar-refractivity contribution in [3.8, 4) is 0 Å². The number of ketones is 1. The first-order valence-corrected chi connectivity index (χ1v) is 7.06. The Balaban J connectivity index is 1.83. The van der Waals surface area contributed by atoms with Crippen LogP contribution >= 0.6 is 11.6 Å². The fraction of sp³-hybridized carbons (Fsp3) is 0.533. The van der Waals surface area contributed by atoms with Crippen LogP contribution in [-0.2, 0) is 11.3 Å². The fourth-order valence-electron chi connectivity index (χ4n) is 2.55.